The van der Waals surface area contributed by atoms with Crippen LogP contribution in [-0.2, 0) is 4.79 Å². The van der Waals surface area contributed by atoms with Gasteiger partial charge >= 0.3 is 5.97 Å². The maximum absolute atomic E-state index is 10.9. The van der Waals surface area contributed by atoms with Crippen molar-refractivity contribution in [3.8, 4) is 5.88 Å². The first-order valence-electron chi connectivity index (χ1n) is 6.02. The largest absolute Gasteiger partial charge is 0.481 e. The highest BCUT2D eigenvalue weighted by Crippen LogP contribution is 2.23. The number of carbonyl (C=O) groups is 1. The molecule has 0 aliphatic carbocycles. The van der Waals surface area contributed by atoms with E-state index in [4.69, 9.17) is 9.84 Å². The van der Waals surface area contributed by atoms with Gasteiger partial charge in [0.05, 0.1) is 24.4 Å². The Bertz CT molecular complexity index is 436. The topological polar surface area (TPSA) is 75.5 Å². The van der Waals surface area contributed by atoms with Crippen molar-refractivity contribution in [2.45, 2.75) is 26.4 Å². The van der Waals surface area contributed by atoms with Crippen molar-refractivity contribution >= 4 is 11.8 Å². The van der Waals surface area contributed by atoms with E-state index in [1.807, 2.05) is 18.7 Å². The Morgan fingerprint density at radius 1 is 1.56 bits per heavy atom. The standard InChI is InChI=1S/C12H17N3O3/c1-8(2)18-11-6-13-5-10(14-11)15-4-3-9(7-15)12(16)17/h5-6,8-9H,3-4,7H2,1-2H3,(H,16,17). The Labute approximate surface area is 106 Å². The van der Waals surface area contributed by atoms with E-state index in [-0.39, 0.29) is 12.0 Å². The molecule has 0 amide bonds. The first-order valence-corrected chi connectivity index (χ1v) is 6.02. The molecule has 6 heteroatoms. The van der Waals surface area contributed by atoms with E-state index in [1.54, 1.807) is 12.4 Å². The van der Waals surface area contributed by atoms with Crippen molar-refractivity contribution in [2.75, 3.05) is 18.0 Å². The molecule has 6 nitrogen and oxygen atoms in total. The lowest BCUT2D eigenvalue weighted by Gasteiger charge is -2.17. The summed E-state index contributed by atoms with van der Waals surface area (Å²) in [6.45, 7) is 5.02. The van der Waals surface area contributed by atoms with Crippen LogP contribution in [0.1, 0.15) is 20.3 Å². The minimum Gasteiger partial charge on any atom is -0.481 e. The number of nitrogens with zero attached hydrogens (tertiary/aromatic N) is 3. The lowest BCUT2D eigenvalue weighted by atomic mass is 10.1. The van der Waals surface area contributed by atoms with Crippen molar-refractivity contribution < 1.29 is 14.6 Å². The second kappa shape index (κ2) is 5.20. The highest BCUT2D eigenvalue weighted by molar-refractivity contribution is 5.71. The number of rotatable bonds is 4. The number of carboxylic acids is 1. The maximum Gasteiger partial charge on any atom is 0.308 e. The van der Waals surface area contributed by atoms with Crippen LogP contribution in [-0.4, -0.2) is 40.2 Å². The van der Waals surface area contributed by atoms with Gasteiger partial charge in [0.2, 0.25) is 5.88 Å². The summed E-state index contributed by atoms with van der Waals surface area (Å²) in [7, 11) is 0. The van der Waals surface area contributed by atoms with Gasteiger partial charge in [0.15, 0.2) is 5.82 Å². The summed E-state index contributed by atoms with van der Waals surface area (Å²) in [6.07, 6.45) is 3.89. The summed E-state index contributed by atoms with van der Waals surface area (Å²) in [5, 5.41) is 8.96. The van der Waals surface area contributed by atoms with Gasteiger partial charge in [-0.1, -0.05) is 0 Å². The molecule has 1 unspecified atom stereocenters. The molecule has 0 spiro atoms. The fourth-order valence-corrected chi connectivity index (χ4v) is 1.96. The zero-order chi connectivity index (χ0) is 13.1. The summed E-state index contributed by atoms with van der Waals surface area (Å²) in [5.74, 6) is 0.0830. The first kappa shape index (κ1) is 12.6. The quantitative estimate of drug-likeness (QED) is 0.865. The predicted molar refractivity (Wildman–Crippen MR) is 65.8 cm³/mol. The number of aromatic nitrogens is 2. The van der Waals surface area contributed by atoms with Gasteiger partial charge in [-0.3, -0.25) is 9.78 Å². The van der Waals surface area contributed by atoms with Crippen molar-refractivity contribution in [1.82, 2.24) is 9.97 Å². The molecule has 1 saturated heterocycles. The number of anilines is 1. The van der Waals surface area contributed by atoms with Gasteiger partial charge in [0.25, 0.3) is 0 Å². The third-order valence-electron chi connectivity index (χ3n) is 2.82. The second-order valence-electron chi connectivity index (χ2n) is 4.65. The van der Waals surface area contributed by atoms with Crippen molar-refractivity contribution in [3.63, 3.8) is 0 Å². The van der Waals surface area contributed by atoms with E-state index in [9.17, 15) is 4.79 Å². The molecule has 0 saturated carbocycles. The number of aliphatic carboxylic acids is 1. The molecular formula is C12H17N3O3. The highest BCUT2D eigenvalue weighted by atomic mass is 16.5. The molecule has 1 atom stereocenters. The number of hydrogen-bond acceptors (Lipinski definition) is 5. The minimum absolute atomic E-state index is 0.0416. The minimum atomic E-state index is -0.750. The fraction of sp³-hybridized carbons (Fsp3) is 0.583. The predicted octanol–water partition coefficient (Wildman–Crippen LogP) is 1.17. The Morgan fingerprint density at radius 2 is 2.33 bits per heavy atom. The number of ether oxygens (including phenoxy) is 1. The van der Waals surface area contributed by atoms with Gasteiger partial charge in [-0.25, -0.2) is 0 Å². The summed E-state index contributed by atoms with van der Waals surface area (Å²) in [4.78, 5) is 21.2. The van der Waals surface area contributed by atoms with Gasteiger partial charge in [-0.15, -0.1) is 0 Å². The SMILES string of the molecule is CC(C)Oc1cncc(N2CCC(C(=O)O)C2)n1. The number of carboxylic acid groups (broad SMARTS) is 1. The van der Waals surface area contributed by atoms with E-state index < -0.39 is 5.97 Å². The van der Waals surface area contributed by atoms with Crippen LogP contribution in [0.5, 0.6) is 5.88 Å². The molecule has 0 radical (unpaired) electrons. The Morgan fingerprint density at radius 3 is 2.94 bits per heavy atom. The van der Waals surface area contributed by atoms with Crippen LogP contribution < -0.4 is 9.64 Å². The molecule has 18 heavy (non-hydrogen) atoms. The summed E-state index contributed by atoms with van der Waals surface area (Å²) in [6, 6.07) is 0. The first-order chi connectivity index (χ1) is 8.56. The lowest BCUT2D eigenvalue weighted by molar-refractivity contribution is -0.140. The van der Waals surface area contributed by atoms with Crippen molar-refractivity contribution in [1.29, 1.82) is 0 Å². The zero-order valence-electron chi connectivity index (χ0n) is 10.5. The van der Waals surface area contributed by atoms with Crippen LogP contribution in [0.3, 0.4) is 0 Å². The monoisotopic (exact) mass is 251 g/mol. The molecule has 1 aliphatic heterocycles. The molecule has 2 heterocycles. The fourth-order valence-electron chi connectivity index (χ4n) is 1.96. The summed E-state index contributed by atoms with van der Waals surface area (Å²) < 4.78 is 5.47. The van der Waals surface area contributed by atoms with E-state index in [2.05, 4.69) is 9.97 Å². The van der Waals surface area contributed by atoms with E-state index in [0.717, 1.165) is 0 Å². The molecule has 0 aromatic carbocycles. The van der Waals surface area contributed by atoms with Gasteiger partial charge in [-0.2, -0.15) is 4.98 Å². The Balaban J connectivity index is 2.07. The average Bonchev–Trinajstić information content (AvgIpc) is 2.77. The van der Waals surface area contributed by atoms with Crippen LogP contribution in [0.15, 0.2) is 12.4 Å². The van der Waals surface area contributed by atoms with Crippen LogP contribution in [0.2, 0.25) is 0 Å². The summed E-state index contributed by atoms with van der Waals surface area (Å²) >= 11 is 0. The van der Waals surface area contributed by atoms with Gasteiger partial charge in [0.1, 0.15) is 0 Å². The molecule has 0 bridgehead atoms. The van der Waals surface area contributed by atoms with E-state index >= 15 is 0 Å². The zero-order valence-corrected chi connectivity index (χ0v) is 10.5. The molecule has 1 aromatic rings. The lowest BCUT2D eigenvalue weighted by Crippen LogP contribution is -2.23. The summed E-state index contributed by atoms with van der Waals surface area (Å²) in [5.41, 5.74) is 0. The molecular weight excluding hydrogens is 234 g/mol. The van der Waals surface area contributed by atoms with Crippen molar-refractivity contribution in [2.24, 2.45) is 5.92 Å². The molecule has 1 aromatic heterocycles. The normalized spacial score (nSPS) is 19.3. The van der Waals surface area contributed by atoms with Gasteiger partial charge in [0, 0.05) is 13.1 Å². The maximum atomic E-state index is 10.9. The highest BCUT2D eigenvalue weighted by Gasteiger charge is 2.29. The third-order valence-corrected chi connectivity index (χ3v) is 2.82. The van der Waals surface area contributed by atoms with E-state index in [0.29, 0.717) is 31.2 Å². The second-order valence-corrected chi connectivity index (χ2v) is 4.65. The van der Waals surface area contributed by atoms with Crippen LogP contribution in [0, 0.1) is 5.92 Å². The van der Waals surface area contributed by atoms with E-state index in [1.165, 1.54) is 0 Å². The third kappa shape index (κ3) is 2.88. The molecule has 1 fully saturated rings. The number of hydrogen-bond donors (Lipinski definition) is 1. The van der Waals surface area contributed by atoms with Gasteiger partial charge in [-0.05, 0) is 20.3 Å². The average molecular weight is 251 g/mol. The van der Waals surface area contributed by atoms with Crippen LogP contribution >= 0.6 is 0 Å². The Hall–Kier alpha value is -1.85. The molecule has 2 rings (SSSR count). The molecule has 1 aliphatic rings. The van der Waals surface area contributed by atoms with Crippen LogP contribution in [0.4, 0.5) is 5.82 Å². The molecule has 1 N–H and O–H groups in total. The smallest absolute Gasteiger partial charge is 0.308 e. The van der Waals surface area contributed by atoms with Crippen LogP contribution in [0.25, 0.3) is 0 Å². The van der Waals surface area contributed by atoms with Crippen molar-refractivity contribution in [3.05, 3.63) is 12.4 Å². The van der Waals surface area contributed by atoms with Gasteiger partial charge < -0.3 is 14.7 Å². The molecule has 98 valence electrons. The Kier molecular flexibility index (Phi) is 3.64.